The minimum atomic E-state index is -2.63. The summed E-state index contributed by atoms with van der Waals surface area (Å²) in [5.41, 5.74) is 1.33. The Balaban J connectivity index is 1.36. The van der Waals surface area contributed by atoms with Crippen LogP contribution in [0.25, 0.3) is 0 Å². The fraction of sp³-hybridized carbons (Fsp3) is 0.838. The number of alkyl halides is 1. The van der Waals surface area contributed by atoms with Crippen LogP contribution in [-0.2, 0) is 50.9 Å². The Bertz CT molecular complexity index is 2480. The lowest BCUT2D eigenvalue weighted by atomic mass is 9.80. The van der Waals surface area contributed by atoms with Gasteiger partial charge < -0.3 is 46.1 Å². The molecule has 91 heavy (non-hydrogen) atoms. The molecule has 2 unspecified atom stereocenters. The Morgan fingerprint density at radius 1 is 0.725 bits per heavy atom. The van der Waals surface area contributed by atoms with Gasteiger partial charge in [0.2, 0.25) is 0 Å². The molecule has 5 saturated heterocycles. The van der Waals surface area contributed by atoms with Crippen molar-refractivity contribution in [1.82, 2.24) is 0 Å². The number of Topliss-reactive ketones (excluding diaryl/α,β-unsaturated/α-hetero) is 1. The fourth-order valence-corrected chi connectivity index (χ4v) is 21.2. The van der Waals surface area contributed by atoms with Crippen LogP contribution in [0.4, 0.5) is 0 Å². The van der Waals surface area contributed by atoms with Crippen molar-refractivity contribution in [2.45, 2.75) is 359 Å². The van der Waals surface area contributed by atoms with Crippen molar-refractivity contribution in [1.29, 1.82) is 0 Å². The number of carbonyl (C=O) groups excluding carboxylic acids is 2. The number of halogens is 1. The summed E-state index contributed by atoms with van der Waals surface area (Å²) < 4.78 is 73.9. The van der Waals surface area contributed by atoms with Crippen LogP contribution in [0.5, 0.6) is 0 Å². The van der Waals surface area contributed by atoms with Gasteiger partial charge in [0.15, 0.2) is 33.3 Å². The molecule has 0 bridgehead atoms. The minimum Gasteiger partial charge on any atom is -0.455 e. The number of ether oxygens (including phenoxy) is 6. The summed E-state index contributed by atoms with van der Waals surface area (Å²) >= 11 is 2.50. The summed E-state index contributed by atoms with van der Waals surface area (Å²) in [4.78, 5) is 29.2. The number of allylic oxidation sites excluding steroid dienone is 1. The number of benzene rings is 1. The quantitative estimate of drug-likeness (QED) is 0.0224. The van der Waals surface area contributed by atoms with Gasteiger partial charge >= 0.3 is 5.97 Å². The molecule has 5 fully saturated rings. The van der Waals surface area contributed by atoms with Crippen molar-refractivity contribution in [3.63, 3.8) is 0 Å². The van der Waals surface area contributed by atoms with Crippen LogP contribution in [0.3, 0.4) is 0 Å². The lowest BCUT2D eigenvalue weighted by Crippen LogP contribution is -2.69. The molecule has 0 aromatic heterocycles. The second-order valence-electron chi connectivity index (χ2n) is 33.5. The van der Waals surface area contributed by atoms with Crippen LogP contribution < -0.4 is 0 Å². The van der Waals surface area contributed by atoms with E-state index < -0.39 is 69.9 Å². The largest absolute Gasteiger partial charge is 0.455 e. The summed E-state index contributed by atoms with van der Waals surface area (Å²) in [6.07, 6.45) is 10.2. The first-order valence-corrected chi connectivity index (χ1v) is 48.7. The standard InChI is InChI=1S/C74H131IO12Si4/c1-25-51(7)44-64-53(9)60(61(82-64)42-43-78-91(26-2,27-3)28-4)47-55(76)46-57-37-39-62-66(80-57)68(86-89(21,22)72(13,14)15)69(87-90(23,24)73(16,17)18)67(83-62)63(85-88(19,20)71(10,11)12)40-36-56(81-70(77)54-32-30-29-31-33-54)34-35-59-48-74(49-75)65(79-59)41-38-58(84-74)45-52(8)50(5)6/h29-33,36,40,51-53,56-69H,5,25-28,34-35,37-39,41-49H2,1-4,6-24H3/b40-36+/t51-,52-,53-,56?,57-,58-,59?,60-,61+,62+,63+,64-,65+,66+,67+,68+,69-,74-/m1/s1. The van der Waals surface area contributed by atoms with E-state index in [0.717, 1.165) is 67.5 Å². The molecule has 0 aliphatic carbocycles. The molecule has 12 nitrogen and oxygen atoms in total. The fourth-order valence-electron chi connectivity index (χ4n) is 13.7. The molecule has 5 aliphatic heterocycles. The van der Waals surface area contributed by atoms with Crippen LogP contribution in [0.2, 0.25) is 72.5 Å². The smallest absolute Gasteiger partial charge is 0.338 e. The molecule has 0 amide bonds. The van der Waals surface area contributed by atoms with Crippen molar-refractivity contribution in [2.24, 2.45) is 23.7 Å². The normalized spacial score (nSPS) is 31.0. The van der Waals surface area contributed by atoms with Gasteiger partial charge in [-0.1, -0.05) is 176 Å². The molecule has 5 heterocycles. The molecule has 17 heteroatoms. The number of carbonyl (C=O) groups is 2. The Morgan fingerprint density at radius 3 is 1.90 bits per heavy atom. The maximum Gasteiger partial charge on any atom is 0.338 e. The van der Waals surface area contributed by atoms with Crippen molar-refractivity contribution in [3.05, 3.63) is 60.2 Å². The first-order chi connectivity index (χ1) is 42.3. The van der Waals surface area contributed by atoms with Gasteiger partial charge in [0.25, 0.3) is 0 Å². The van der Waals surface area contributed by atoms with Crippen LogP contribution in [0, 0.1) is 23.7 Å². The summed E-state index contributed by atoms with van der Waals surface area (Å²) in [7, 11) is -9.60. The van der Waals surface area contributed by atoms with Gasteiger partial charge in [0.05, 0.1) is 54.4 Å². The monoisotopic (exact) mass is 1450 g/mol. The number of fused-ring (bicyclic) bond motifs is 2. The lowest BCUT2D eigenvalue weighted by molar-refractivity contribution is -0.266. The van der Waals surface area contributed by atoms with E-state index in [-0.39, 0.29) is 87.0 Å². The Hall–Kier alpha value is -0.922. The molecule has 6 rings (SSSR count). The van der Waals surface area contributed by atoms with E-state index >= 15 is 0 Å². The topological polar surface area (TPSA) is 126 Å². The van der Waals surface area contributed by atoms with E-state index in [1.165, 1.54) is 5.57 Å². The summed E-state index contributed by atoms with van der Waals surface area (Å²) in [5, 5.41) is -0.482. The third-order valence-corrected chi connectivity index (χ3v) is 43.2. The summed E-state index contributed by atoms with van der Waals surface area (Å²) in [6, 6.07) is 12.6. The van der Waals surface area contributed by atoms with E-state index in [2.05, 4.69) is 198 Å². The highest BCUT2D eigenvalue weighted by molar-refractivity contribution is 14.1. The second kappa shape index (κ2) is 32.8. The van der Waals surface area contributed by atoms with Crippen LogP contribution in [0.15, 0.2) is 54.6 Å². The predicted octanol–water partition coefficient (Wildman–Crippen LogP) is 19.4. The van der Waals surface area contributed by atoms with E-state index in [1.54, 1.807) is 0 Å². The maximum absolute atomic E-state index is 14.9. The molecular formula is C74H131IO12Si4. The predicted molar refractivity (Wildman–Crippen MR) is 392 cm³/mol. The lowest BCUT2D eigenvalue weighted by Gasteiger charge is -2.56. The van der Waals surface area contributed by atoms with Crippen LogP contribution >= 0.6 is 22.6 Å². The van der Waals surface area contributed by atoms with E-state index in [4.69, 9.17) is 46.1 Å². The summed E-state index contributed by atoms with van der Waals surface area (Å²) in [5.74, 6) is 1.15. The number of esters is 1. The Morgan fingerprint density at radius 2 is 1.33 bits per heavy atom. The minimum absolute atomic E-state index is 0.0145. The number of rotatable bonds is 32. The molecule has 0 radical (unpaired) electrons. The van der Waals surface area contributed by atoms with Gasteiger partial charge in [0.1, 0.15) is 41.9 Å². The first-order valence-electron chi connectivity index (χ1n) is 35.9. The van der Waals surface area contributed by atoms with Gasteiger partial charge in [-0.25, -0.2) is 4.79 Å². The first kappa shape index (κ1) is 79.1. The molecule has 5 aliphatic rings. The van der Waals surface area contributed by atoms with Crippen molar-refractivity contribution in [2.75, 3.05) is 11.0 Å². The zero-order valence-corrected chi connectivity index (χ0v) is 67.7. The van der Waals surface area contributed by atoms with E-state index in [1.807, 2.05) is 30.3 Å². The highest BCUT2D eigenvalue weighted by Gasteiger charge is 2.59. The van der Waals surface area contributed by atoms with Crippen molar-refractivity contribution in [3.8, 4) is 0 Å². The second-order valence-corrected chi connectivity index (χ2v) is 53.3. The third-order valence-electron chi connectivity index (χ3n) is 23.8. The van der Waals surface area contributed by atoms with Gasteiger partial charge in [-0.15, -0.1) is 0 Å². The maximum atomic E-state index is 14.9. The Labute approximate surface area is 573 Å². The molecule has 0 spiro atoms. The molecule has 1 aromatic rings. The van der Waals surface area contributed by atoms with E-state index in [9.17, 15) is 9.59 Å². The third kappa shape index (κ3) is 20.4. The molecule has 522 valence electrons. The van der Waals surface area contributed by atoms with Crippen molar-refractivity contribution < 1.29 is 55.7 Å². The van der Waals surface area contributed by atoms with E-state index in [0.29, 0.717) is 62.5 Å². The molecule has 0 N–H and O–H groups in total. The highest BCUT2D eigenvalue weighted by atomic mass is 127. The Kier molecular flexibility index (Phi) is 28.5. The highest BCUT2D eigenvalue weighted by Crippen LogP contribution is 2.50. The SMILES string of the molecule is C=C(C)[C@H](C)C[C@H]1CC[C@@H]2OC(CCC(/C=C/[C@H](O[Si](C)(C)C(C)(C)C)[C@@H]3O[C@H]4CC[C@H](CC(=O)C[C@@H]5[C@@H](C)[C@@H](C[C@H](C)CC)O[C@H]5CCO[Si](CC)(CC)CC)O[C@@H]4[C@H](O[Si](C)(C)C(C)(C)C)[C@@H]3O[Si](C)(C)C(C)(C)C)OC(=O)c3ccccc3)C[C@]2(CI)O1. The molecule has 1 aromatic carbocycles. The molecule has 0 saturated carbocycles. The number of hydrogen-bond donors (Lipinski definition) is 0. The number of ketones is 1. The zero-order chi connectivity index (χ0) is 67.9. The van der Waals surface area contributed by atoms with Gasteiger partial charge in [-0.05, 0) is 179 Å². The molecular weight excluding hydrogens is 1320 g/mol. The zero-order valence-electron chi connectivity index (χ0n) is 61.6. The number of hydrogen-bond acceptors (Lipinski definition) is 12. The van der Waals surface area contributed by atoms with Gasteiger partial charge in [-0.2, -0.15) is 0 Å². The van der Waals surface area contributed by atoms with Gasteiger partial charge in [-0.3, -0.25) is 4.79 Å². The van der Waals surface area contributed by atoms with Crippen molar-refractivity contribution >= 4 is 67.6 Å². The van der Waals surface area contributed by atoms with Gasteiger partial charge in [0, 0.05) is 30.3 Å². The van der Waals surface area contributed by atoms with Crippen LogP contribution in [0.1, 0.15) is 212 Å². The average Bonchev–Trinajstić information content (AvgIpc) is 1.34. The molecule has 18 atom stereocenters. The van der Waals surface area contributed by atoms with Crippen LogP contribution in [-0.4, -0.2) is 141 Å². The summed E-state index contributed by atoms with van der Waals surface area (Å²) in [6.45, 7) is 57.5. The average molecular weight is 1450 g/mol.